The minimum atomic E-state index is -3.73. The Labute approximate surface area is 127 Å². The molecule has 1 aromatic carbocycles. The molecular formula is C13H16F2N2O4S. The van der Waals surface area contributed by atoms with Crippen LogP contribution in [0.2, 0.25) is 0 Å². The van der Waals surface area contributed by atoms with Crippen LogP contribution in [0.15, 0.2) is 29.2 Å². The molecule has 0 unspecified atom stereocenters. The van der Waals surface area contributed by atoms with E-state index in [4.69, 9.17) is 0 Å². The van der Waals surface area contributed by atoms with Crippen LogP contribution >= 0.6 is 0 Å². The third kappa shape index (κ3) is 3.42. The summed E-state index contributed by atoms with van der Waals surface area (Å²) in [6.07, 6.45) is -0.780. The fraction of sp³-hybridized carbons (Fsp3) is 0.462. The van der Waals surface area contributed by atoms with Crippen molar-refractivity contribution in [1.82, 2.24) is 4.31 Å². The zero-order chi connectivity index (χ0) is 16.5. The molecule has 2 rings (SSSR count). The average Bonchev–Trinajstić information content (AvgIpc) is 2.41. The number of benzene rings is 1. The molecule has 0 N–H and O–H groups in total. The van der Waals surface area contributed by atoms with E-state index >= 15 is 0 Å². The van der Waals surface area contributed by atoms with Crippen molar-refractivity contribution in [3.63, 3.8) is 0 Å². The lowest BCUT2D eigenvalue weighted by Crippen LogP contribution is -2.55. The maximum Gasteiger partial charge on any atom is 0.345 e. The van der Waals surface area contributed by atoms with Crippen molar-refractivity contribution in [3.8, 4) is 0 Å². The molecule has 1 heterocycles. The fourth-order valence-corrected chi connectivity index (χ4v) is 3.50. The molecule has 1 fully saturated rings. The number of carbonyl (C=O) groups excluding carboxylic acids is 1. The minimum Gasteiger partial charge on any atom is -0.317 e. The number of ether oxygens (including phenoxy) is 1. The van der Waals surface area contributed by atoms with E-state index < -0.39 is 22.7 Å². The van der Waals surface area contributed by atoms with Gasteiger partial charge in [-0.15, -0.1) is 0 Å². The lowest BCUT2D eigenvalue weighted by molar-refractivity contribution is -0.185. The lowest BCUT2D eigenvalue weighted by atomic mass is 10.2. The van der Waals surface area contributed by atoms with E-state index in [1.54, 1.807) is 7.05 Å². The second-order valence-electron chi connectivity index (χ2n) is 4.91. The molecule has 1 amide bonds. The summed E-state index contributed by atoms with van der Waals surface area (Å²) < 4.78 is 53.9. The molecule has 0 spiro atoms. The van der Waals surface area contributed by atoms with Crippen LogP contribution < -0.4 is 4.90 Å². The fourth-order valence-electron chi connectivity index (χ4n) is 2.00. The molecule has 0 radical (unpaired) electrons. The summed E-state index contributed by atoms with van der Waals surface area (Å²) >= 11 is 0. The minimum absolute atomic E-state index is 0.0451. The molecule has 6 nitrogen and oxygen atoms in total. The zero-order valence-corrected chi connectivity index (χ0v) is 12.9. The Morgan fingerprint density at radius 3 is 2.32 bits per heavy atom. The summed E-state index contributed by atoms with van der Waals surface area (Å²) in [5, 5.41) is 0. The van der Waals surface area contributed by atoms with Crippen molar-refractivity contribution >= 4 is 21.6 Å². The maximum atomic E-state index is 12.3. The number of alkyl halides is 2. The van der Waals surface area contributed by atoms with E-state index in [1.807, 2.05) is 0 Å². The van der Waals surface area contributed by atoms with Crippen molar-refractivity contribution in [2.45, 2.75) is 24.5 Å². The van der Waals surface area contributed by atoms with Gasteiger partial charge in [-0.1, -0.05) is 0 Å². The van der Waals surface area contributed by atoms with Gasteiger partial charge in [0.1, 0.15) is 0 Å². The highest BCUT2D eigenvalue weighted by Crippen LogP contribution is 2.25. The lowest BCUT2D eigenvalue weighted by Gasteiger charge is -2.37. The highest BCUT2D eigenvalue weighted by Gasteiger charge is 2.38. The van der Waals surface area contributed by atoms with Gasteiger partial charge in [0.05, 0.1) is 11.0 Å². The molecule has 1 aliphatic heterocycles. The van der Waals surface area contributed by atoms with Gasteiger partial charge in [0.2, 0.25) is 15.9 Å². The molecule has 0 atom stereocenters. The van der Waals surface area contributed by atoms with Crippen molar-refractivity contribution in [2.75, 3.05) is 25.0 Å². The summed E-state index contributed by atoms with van der Waals surface area (Å²) in [7, 11) is -2.15. The number of halogens is 2. The Balaban J connectivity index is 2.07. The Kier molecular flexibility index (Phi) is 4.78. The second-order valence-corrected chi connectivity index (χ2v) is 6.85. The van der Waals surface area contributed by atoms with E-state index in [2.05, 4.69) is 4.74 Å². The predicted octanol–water partition coefficient (Wildman–Crippen LogP) is 1.28. The third-order valence-electron chi connectivity index (χ3n) is 3.44. The van der Waals surface area contributed by atoms with E-state index in [0.717, 1.165) is 4.31 Å². The van der Waals surface area contributed by atoms with Crippen LogP contribution in [0.3, 0.4) is 0 Å². The number of hydrogen-bond donors (Lipinski definition) is 0. The van der Waals surface area contributed by atoms with Crippen LogP contribution in [0.1, 0.15) is 6.92 Å². The highest BCUT2D eigenvalue weighted by atomic mass is 32.2. The number of sulfonamides is 1. The van der Waals surface area contributed by atoms with E-state index in [-0.39, 0.29) is 23.9 Å². The smallest absolute Gasteiger partial charge is 0.317 e. The van der Waals surface area contributed by atoms with Crippen LogP contribution in [-0.4, -0.2) is 51.5 Å². The van der Waals surface area contributed by atoms with Gasteiger partial charge < -0.3 is 9.64 Å². The predicted molar refractivity (Wildman–Crippen MR) is 75.2 cm³/mol. The molecule has 1 aromatic rings. The molecule has 0 aromatic heterocycles. The Bertz CT molecular complexity index is 643. The number of amides is 1. The largest absolute Gasteiger partial charge is 0.345 e. The van der Waals surface area contributed by atoms with Crippen LogP contribution in [0.5, 0.6) is 0 Å². The maximum absolute atomic E-state index is 12.3. The number of anilines is 1. The number of carbonyl (C=O) groups is 1. The first-order chi connectivity index (χ1) is 10.2. The van der Waals surface area contributed by atoms with E-state index in [1.165, 1.54) is 36.1 Å². The van der Waals surface area contributed by atoms with Gasteiger partial charge in [0.25, 0.3) is 0 Å². The molecule has 0 saturated carbocycles. The normalized spacial score (nSPS) is 16.6. The first-order valence-corrected chi connectivity index (χ1v) is 7.94. The standard InChI is InChI=1S/C13H16F2N2O4S/c1-9(18)16(2)10-3-5-12(6-4-10)22(19,20)17-7-11(8-17)21-13(14)15/h3-6,11,13H,7-8H2,1-2H3. The zero-order valence-electron chi connectivity index (χ0n) is 12.1. The number of nitrogens with zero attached hydrogens (tertiary/aromatic N) is 2. The van der Waals surface area contributed by atoms with Gasteiger partial charge in [-0.2, -0.15) is 13.1 Å². The van der Waals surface area contributed by atoms with Gasteiger partial charge in [-0.25, -0.2) is 8.42 Å². The second kappa shape index (κ2) is 6.27. The van der Waals surface area contributed by atoms with E-state index in [9.17, 15) is 22.0 Å². The van der Waals surface area contributed by atoms with Gasteiger partial charge >= 0.3 is 6.61 Å². The monoisotopic (exact) mass is 334 g/mol. The summed E-state index contributed by atoms with van der Waals surface area (Å²) in [4.78, 5) is 12.7. The number of hydrogen-bond acceptors (Lipinski definition) is 4. The highest BCUT2D eigenvalue weighted by molar-refractivity contribution is 7.89. The van der Waals surface area contributed by atoms with Crippen molar-refractivity contribution in [1.29, 1.82) is 0 Å². The molecule has 1 saturated heterocycles. The third-order valence-corrected chi connectivity index (χ3v) is 5.29. The molecular weight excluding hydrogens is 318 g/mol. The Morgan fingerprint density at radius 1 is 1.32 bits per heavy atom. The molecule has 9 heteroatoms. The number of rotatable bonds is 5. The topological polar surface area (TPSA) is 66.9 Å². The van der Waals surface area contributed by atoms with Gasteiger partial charge in [0, 0.05) is 32.7 Å². The first kappa shape index (κ1) is 16.8. The van der Waals surface area contributed by atoms with Crippen molar-refractivity contribution < 1.29 is 26.7 Å². The van der Waals surface area contributed by atoms with Gasteiger partial charge in [0.15, 0.2) is 0 Å². The van der Waals surface area contributed by atoms with Crippen LogP contribution in [-0.2, 0) is 19.6 Å². The van der Waals surface area contributed by atoms with Crippen LogP contribution in [0.4, 0.5) is 14.5 Å². The Morgan fingerprint density at radius 2 is 1.86 bits per heavy atom. The van der Waals surface area contributed by atoms with Gasteiger partial charge in [-0.05, 0) is 24.3 Å². The quantitative estimate of drug-likeness (QED) is 0.814. The summed E-state index contributed by atoms with van der Waals surface area (Å²) in [5.74, 6) is -0.176. The molecule has 1 aliphatic rings. The average molecular weight is 334 g/mol. The molecule has 122 valence electrons. The van der Waals surface area contributed by atoms with Gasteiger partial charge in [-0.3, -0.25) is 4.79 Å². The summed E-state index contributed by atoms with van der Waals surface area (Å²) in [5.41, 5.74) is 0.564. The summed E-state index contributed by atoms with van der Waals surface area (Å²) in [6.45, 7) is -1.70. The SMILES string of the molecule is CC(=O)N(C)c1ccc(S(=O)(=O)N2CC(OC(F)F)C2)cc1. The van der Waals surface area contributed by atoms with Crippen molar-refractivity contribution in [2.24, 2.45) is 0 Å². The van der Waals surface area contributed by atoms with Crippen LogP contribution in [0.25, 0.3) is 0 Å². The summed E-state index contributed by atoms with van der Waals surface area (Å²) in [6, 6.07) is 5.79. The Hall–Kier alpha value is -1.58. The van der Waals surface area contributed by atoms with Crippen molar-refractivity contribution in [3.05, 3.63) is 24.3 Å². The van der Waals surface area contributed by atoms with E-state index in [0.29, 0.717) is 5.69 Å². The first-order valence-electron chi connectivity index (χ1n) is 6.50. The molecule has 0 aliphatic carbocycles. The molecule has 0 bridgehead atoms. The van der Waals surface area contributed by atoms with Crippen LogP contribution in [0, 0.1) is 0 Å². The molecule has 22 heavy (non-hydrogen) atoms.